The van der Waals surface area contributed by atoms with Gasteiger partial charge in [0.2, 0.25) is 0 Å². The Morgan fingerprint density at radius 2 is 2.00 bits per heavy atom. The Morgan fingerprint density at radius 3 is 2.69 bits per heavy atom. The summed E-state index contributed by atoms with van der Waals surface area (Å²) >= 11 is 0. The van der Waals surface area contributed by atoms with Crippen molar-refractivity contribution in [3.63, 3.8) is 0 Å². The summed E-state index contributed by atoms with van der Waals surface area (Å²) in [6.45, 7) is 0.820. The van der Waals surface area contributed by atoms with Crippen LogP contribution in [0.5, 0.6) is 0 Å². The minimum absolute atomic E-state index is 0.0385. The number of benzene rings is 1. The summed E-state index contributed by atoms with van der Waals surface area (Å²) < 4.78 is 32.5. The van der Waals surface area contributed by atoms with Gasteiger partial charge in [-0.15, -0.1) is 0 Å². The number of hydrogen-bond acceptors (Lipinski definition) is 4. The van der Waals surface area contributed by atoms with E-state index >= 15 is 0 Å². The summed E-state index contributed by atoms with van der Waals surface area (Å²) in [5.41, 5.74) is 0.758. The van der Waals surface area contributed by atoms with Gasteiger partial charge in [-0.1, -0.05) is 18.2 Å². The molecule has 2 aliphatic heterocycles. The predicted octanol–water partition coefficient (Wildman–Crippen LogP) is 1.89. The first-order valence-corrected chi connectivity index (χ1v) is 8.87. The molecule has 0 saturated carbocycles. The van der Waals surface area contributed by atoms with Gasteiger partial charge in [-0.25, -0.2) is 8.78 Å². The molecule has 2 saturated heterocycles. The first kappa shape index (κ1) is 17.4. The van der Waals surface area contributed by atoms with E-state index in [4.69, 9.17) is 4.74 Å². The Balaban J connectivity index is 1.55. The molecule has 3 atom stereocenters. The number of alkyl halides is 2. The molecule has 0 aliphatic carbocycles. The monoisotopic (exact) mass is 364 g/mol. The van der Waals surface area contributed by atoms with Crippen LogP contribution in [0.25, 0.3) is 10.9 Å². The van der Waals surface area contributed by atoms with E-state index in [1.807, 2.05) is 0 Å². The highest BCUT2D eigenvalue weighted by atomic mass is 19.3. The van der Waals surface area contributed by atoms with Crippen molar-refractivity contribution in [2.45, 2.75) is 43.9 Å². The highest BCUT2D eigenvalue weighted by Gasteiger charge is 2.37. The lowest BCUT2D eigenvalue weighted by atomic mass is 9.90. The number of morpholine rings is 1. The van der Waals surface area contributed by atoms with Crippen molar-refractivity contribution in [1.82, 2.24) is 20.0 Å². The molecule has 1 aromatic heterocycles. The lowest BCUT2D eigenvalue weighted by molar-refractivity contribution is -0.0670. The van der Waals surface area contributed by atoms with E-state index in [9.17, 15) is 13.6 Å². The maximum absolute atomic E-state index is 12.8. The third-order valence-electron chi connectivity index (χ3n) is 5.40. The fraction of sp³-hybridized carbons (Fsp3) is 0.556. The standard InChI is InChI=1S/C18H22F2N4O2/c1-23-12-6-11(7-13(23)10-26-9-12)21-18(25)17-14-4-2-3-5-15(14)24(22-17)8-16(19)20/h2-5,11-13,16H,6-10H2,1H3,(H,21,25)/t11?,12-,13+. The Bertz CT molecular complexity index is 796. The van der Waals surface area contributed by atoms with Crippen LogP contribution in [0, 0.1) is 0 Å². The van der Waals surface area contributed by atoms with Crippen LogP contribution in [0.15, 0.2) is 24.3 Å². The molecule has 2 aliphatic rings. The Hall–Kier alpha value is -2.06. The van der Waals surface area contributed by atoms with Gasteiger partial charge in [-0.3, -0.25) is 14.4 Å². The molecular weight excluding hydrogens is 342 g/mol. The molecule has 0 spiro atoms. The van der Waals surface area contributed by atoms with Crippen LogP contribution in [0.1, 0.15) is 23.3 Å². The van der Waals surface area contributed by atoms with Gasteiger partial charge >= 0.3 is 0 Å². The van der Waals surface area contributed by atoms with Crippen molar-refractivity contribution >= 4 is 16.8 Å². The second-order valence-electron chi connectivity index (χ2n) is 7.09. The summed E-state index contributed by atoms with van der Waals surface area (Å²) in [6.07, 6.45) is -0.898. The van der Waals surface area contributed by atoms with Gasteiger partial charge in [0.25, 0.3) is 12.3 Å². The van der Waals surface area contributed by atoms with E-state index in [2.05, 4.69) is 22.4 Å². The molecular formula is C18H22F2N4O2. The van der Waals surface area contributed by atoms with Crippen LogP contribution in [0.3, 0.4) is 0 Å². The van der Waals surface area contributed by atoms with Gasteiger partial charge in [-0.2, -0.15) is 5.10 Å². The molecule has 2 fully saturated rings. The molecule has 1 amide bonds. The number of aromatic nitrogens is 2. The number of likely N-dealkylation sites (N-methyl/N-ethyl adjacent to an activating group) is 1. The van der Waals surface area contributed by atoms with Gasteiger partial charge in [0.05, 0.1) is 18.7 Å². The first-order valence-electron chi connectivity index (χ1n) is 8.87. The Kier molecular flexibility index (Phi) is 4.62. The lowest BCUT2D eigenvalue weighted by Gasteiger charge is -2.46. The maximum Gasteiger partial charge on any atom is 0.272 e. The lowest BCUT2D eigenvalue weighted by Crippen LogP contribution is -2.59. The van der Waals surface area contributed by atoms with Crippen molar-refractivity contribution in [3.05, 3.63) is 30.0 Å². The van der Waals surface area contributed by atoms with E-state index in [0.717, 1.165) is 12.8 Å². The smallest absolute Gasteiger partial charge is 0.272 e. The SMILES string of the molecule is CN1[C@@H]2COC[C@H]1CC(NC(=O)c1nn(CC(F)F)c3ccccc13)C2. The van der Waals surface area contributed by atoms with Gasteiger partial charge in [0.15, 0.2) is 5.69 Å². The highest BCUT2D eigenvalue weighted by Crippen LogP contribution is 2.27. The van der Waals surface area contributed by atoms with Crippen molar-refractivity contribution in [3.8, 4) is 0 Å². The molecule has 4 rings (SSSR count). The second-order valence-corrected chi connectivity index (χ2v) is 7.09. The number of fused-ring (bicyclic) bond motifs is 3. The molecule has 140 valence electrons. The number of rotatable bonds is 4. The van der Waals surface area contributed by atoms with E-state index < -0.39 is 13.0 Å². The third-order valence-corrected chi connectivity index (χ3v) is 5.40. The van der Waals surface area contributed by atoms with Gasteiger partial charge in [0, 0.05) is 23.5 Å². The van der Waals surface area contributed by atoms with Crippen molar-refractivity contribution in [2.24, 2.45) is 0 Å². The topological polar surface area (TPSA) is 59.4 Å². The number of nitrogens with zero attached hydrogens (tertiary/aromatic N) is 3. The van der Waals surface area contributed by atoms with E-state index in [1.165, 1.54) is 4.68 Å². The Morgan fingerprint density at radius 1 is 1.31 bits per heavy atom. The summed E-state index contributed by atoms with van der Waals surface area (Å²) in [7, 11) is 2.09. The largest absolute Gasteiger partial charge is 0.378 e. The van der Waals surface area contributed by atoms with Crippen LogP contribution in [-0.4, -0.2) is 65.4 Å². The molecule has 0 radical (unpaired) electrons. The molecule has 1 N–H and O–H groups in total. The van der Waals surface area contributed by atoms with Crippen LogP contribution in [0.2, 0.25) is 0 Å². The number of carbonyl (C=O) groups excluding carboxylic acids is 1. The van der Waals surface area contributed by atoms with Crippen molar-refractivity contribution in [1.29, 1.82) is 0 Å². The number of hydrogen-bond donors (Lipinski definition) is 1. The van der Waals surface area contributed by atoms with Crippen LogP contribution < -0.4 is 5.32 Å². The molecule has 2 bridgehead atoms. The average molecular weight is 364 g/mol. The number of halogens is 2. The van der Waals surface area contributed by atoms with E-state index in [-0.39, 0.29) is 17.6 Å². The minimum atomic E-state index is -2.53. The van der Waals surface area contributed by atoms with Crippen molar-refractivity contribution < 1.29 is 18.3 Å². The highest BCUT2D eigenvalue weighted by molar-refractivity contribution is 6.05. The zero-order chi connectivity index (χ0) is 18.3. The van der Waals surface area contributed by atoms with Gasteiger partial charge < -0.3 is 10.1 Å². The molecule has 26 heavy (non-hydrogen) atoms. The molecule has 1 aromatic carbocycles. The number of amides is 1. The summed E-state index contributed by atoms with van der Waals surface area (Å²) in [5, 5.41) is 7.83. The van der Waals surface area contributed by atoms with Crippen molar-refractivity contribution in [2.75, 3.05) is 20.3 Å². The molecule has 3 heterocycles. The zero-order valence-electron chi connectivity index (χ0n) is 14.6. The number of piperidine rings is 1. The van der Waals surface area contributed by atoms with Gasteiger partial charge in [-0.05, 0) is 26.0 Å². The third kappa shape index (κ3) is 3.19. The first-order chi connectivity index (χ1) is 12.5. The number of carbonyl (C=O) groups is 1. The normalized spacial score (nSPS) is 26.4. The zero-order valence-corrected chi connectivity index (χ0v) is 14.6. The fourth-order valence-electron chi connectivity index (χ4n) is 4.03. The molecule has 1 unspecified atom stereocenters. The minimum Gasteiger partial charge on any atom is -0.378 e. The molecule has 8 heteroatoms. The maximum atomic E-state index is 12.8. The average Bonchev–Trinajstić information content (AvgIpc) is 2.94. The van der Waals surface area contributed by atoms with Crippen LogP contribution in [0.4, 0.5) is 8.78 Å². The van der Waals surface area contributed by atoms with Gasteiger partial charge in [0.1, 0.15) is 6.54 Å². The number of para-hydroxylation sites is 1. The second kappa shape index (κ2) is 6.92. The Labute approximate surface area is 150 Å². The summed E-state index contributed by atoms with van der Waals surface area (Å²) in [4.78, 5) is 15.1. The summed E-state index contributed by atoms with van der Waals surface area (Å²) in [5.74, 6) is -0.303. The predicted molar refractivity (Wildman–Crippen MR) is 92.4 cm³/mol. The quantitative estimate of drug-likeness (QED) is 0.900. The van der Waals surface area contributed by atoms with Crippen LogP contribution >= 0.6 is 0 Å². The fourth-order valence-corrected chi connectivity index (χ4v) is 4.03. The van der Waals surface area contributed by atoms with E-state index in [0.29, 0.717) is 36.2 Å². The number of ether oxygens (including phenoxy) is 1. The number of nitrogens with one attached hydrogen (secondary N) is 1. The molecule has 2 aromatic rings. The molecule has 6 nitrogen and oxygen atoms in total. The van der Waals surface area contributed by atoms with Crippen LogP contribution in [-0.2, 0) is 11.3 Å². The van der Waals surface area contributed by atoms with E-state index in [1.54, 1.807) is 24.3 Å². The summed E-state index contributed by atoms with van der Waals surface area (Å²) in [6, 6.07) is 7.62.